The number of rotatable bonds is 5. The van der Waals surface area contributed by atoms with Crippen LogP contribution in [0.15, 0.2) is 36.4 Å². The first-order valence-corrected chi connectivity index (χ1v) is 7.94. The first kappa shape index (κ1) is 18.0. The highest BCUT2D eigenvalue weighted by Crippen LogP contribution is 2.22. The van der Waals surface area contributed by atoms with Crippen LogP contribution in [-0.4, -0.2) is 28.5 Å². The zero-order chi connectivity index (χ0) is 18.4. The number of hydrogen-bond acceptors (Lipinski definition) is 3. The number of nitrogens with zero attached hydrogens (tertiary/aromatic N) is 4. The molecule has 0 saturated carbocycles. The lowest BCUT2D eigenvalue weighted by molar-refractivity contribution is -0.124. The SMILES string of the molecule is Cc1ccc(-n2c(C)cc(/C=C/C(=O)N(CC#N)CC#N)c2C)cc1. The van der Waals surface area contributed by atoms with Gasteiger partial charge in [0.15, 0.2) is 0 Å². The van der Waals surface area contributed by atoms with Gasteiger partial charge < -0.3 is 9.47 Å². The van der Waals surface area contributed by atoms with E-state index in [1.54, 1.807) is 6.08 Å². The monoisotopic (exact) mass is 332 g/mol. The number of aryl methyl sites for hydroxylation is 2. The van der Waals surface area contributed by atoms with Gasteiger partial charge >= 0.3 is 0 Å². The van der Waals surface area contributed by atoms with Crippen molar-refractivity contribution in [1.82, 2.24) is 9.47 Å². The summed E-state index contributed by atoms with van der Waals surface area (Å²) in [6.07, 6.45) is 3.15. The Morgan fingerprint density at radius 1 is 1.12 bits per heavy atom. The third-order valence-corrected chi connectivity index (χ3v) is 4.00. The minimum atomic E-state index is -0.344. The van der Waals surface area contributed by atoms with Crippen LogP contribution in [0.1, 0.15) is 22.5 Å². The molecule has 0 aliphatic rings. The first-order chi connectivity index (χ1) is 12.0. The van der Waals surface area contributed by atoms with Crippen LogP contribution in [-0.2, 0) is 4.79 Å². The van der Waals surface area contributed by atoms with E-state index >= 15 is 0 Å². The quantitative estimate of drug-likeness (QED) is 0.623. The van der Waals surface area contributed by atoms with Crippen molar-refractivity contribution in [1.29, 1.82) is 10.5 Å². The third kappa shape index (κ3) is 4.16. The maximum absolute atomic E-state index is 12.1. The summed E-state index contributed by atoms with van der Waals surface area (Å²) in [7, 11) is 0. The van der Waals surface area contributed by atoms with Crippen molar-refractivity contribution in [3.8, 4) is 17.8 Å². The van der Waals surface area contributed by atoms with E-state index in [9.17, 15) is 4.79 Å². The fourth-order valence-corrected chi connectivity index (χ4v) is 2.70. The molecule has 0 fully saturated rings. The van der Waals surface area contributed by atoms with Crippen molar-refractivity contribution in [2.24, 2.45) is 0 Å². The largest absolute Gasteiger partial charge is 0.318 e. The van der Waals surface area contributed by atoms with E-state index in [1.807, 2.05) is 39.0 Å². The second-order valence-corrected chi connectivity index (χ2v) is 5.84. The van der Waals surface area contributed by atoms with E-state index in [1.165, 1.54) is 16.5 Å². The highest BCUT2D eigenvalue weighted by Gasteiger charge is 2.11. The fraction of sp³-hybridized carbons (Fsp3) is 0.250. The average molecular weight is 332 g/mol. The van der Waals surface area contributed by atoms with Gasteiger partial charge in [0.25, 0.3) is 0 Å². The Hall–Kier alpha value is -3.31. The van der Waals surface area contributed by atoms with Gasteiger partial charge in [0, 0.05) is 23.2 Å². The summed E-state index contributed by atoms with van der Waals surface area (Å²) in [4.78, 5) is 13.3. The lowest BCUT2D eigenvalue weighted by Gasteiger charge is -2.12. The van der Waals surface area contributed by atoms with Gasteiger partial charge in [-0.3, -0.25) is 4.79 Å². The van der Waals surface area contributed by atoms with Crippen molar-refractivity contribution in [3.05, 3.63) is 58.9 Å². The van der Waals surface area contributed by atoms with Gasteiger partial charge in [-0.05, 0) is 50.6 Å². The minimum absolute atomic E-state index is 0.0981. The number of carbonyl (C=O) groups excluding carboxylic acids is 1. The van der Waals surface area contributed by atoms with E-state index in [2.05, 4.69) is 28.8 Å². The van der Waals surface area contributed by atoms with Crippen LogP contribution in [0.2, 0.25) is 0 Å². The van der Waals surface area contributed by atoms with Gasteiger partial charge in [0.2, 0.25) is 5.91 Å². The van der Waals surface area contributed by atoms with Crippen molar-refractivity contribution in [2.75, 3.05) is 13.1 Å². The van der Waals surface area contributed by atoms with Crippen LogP contribution in [0.5, 0.6) is 0 Å². The molecular weight excluding hydrogens is 312 g/mol. The smallest absolute Gasteiger partial charge is 0.248 e. The number of benzene rings is 1. The van der Waals surface area contributed by atoms with Crippen LogP contribution in [0.3, 0.4) is 0 Å². The van der Waals surface area contributed by atoms with E-state index in [4.69, 9.17) is 10.5 Å². The molecule has 0 aliphatic carbocycles. The Balaban J connectivity index is 2.28. The van der Waals surface area contributed by atoms with Crippen LogP contribution in [0.25, 0.3) is 11.8 Å². The average Bonchev–Trinajstić information content (AvgIpc) is 2.87. The van der Waals surface area contributed by atoms with E-state index in [-0.39, 0.29) is 19.0 Å². The van der Waals surface area contributed by atoms with E-state index in [0.29, 0.717) is 0 Å². The van der Waals surface area contributed by atoms with Gasteiger partial charge in [-0.1, -0.05) is 17.7 Å². The van der Waals surface area contributed by atoms with Crippen molar-refractivity contribution in [2.45, 2.75) is 20.8 Å². The third-order valence-electron chi connectivity index (χ3n) is 4.00. The summed E-state index contributed by atoms with van der Waals surface area (Å²) >= 11 is 0. The molecule has 0 unspecified atom stereocenters. The molecule has 0 aliphatic heterocycles. The second-order valence-electron chi connectivity index (χ2n) is 5.84. The van der Waals surface area contributed by atoms with Gasteiger partial charge in [0.05, 0.1) is 12.1 Å². The molecule has 0 N–H and O–H groups in total. The summed E-state index contributed by atoms with van der Waals surface area (Å²) < 4.78 is 2.13. The zero-order valence-corrected chi connectivity index (χ0v) is 14.7. The van der Waals surface area contributed by atoms with Crippen LogP contribution in [0, 0.1) is 43.4 Å². The molecule has 1 heterocycles. The molecule has 1 aromatic carbocycles. The van der Waals surface area contributed by atoms with Crippen molar-refractivity contribution >= 4 is 12.0 Å². The topological polar surface area (TPSA) is 72.8 Å². The molecule has 2 aromatic rings. The Morgan fingerprint density at radius 2 is 1.72 bits per heavy atom. The van der Waals surface area contributed by atoms with Crippen LogP contribution >= 0.6 is 0 Å². The zero-order valence-electron chi connectivity index (χ0n) is 14.7. The van der Waals surface area contributed by atoms with Crippen molar-refractivity contribution < 1.29 is 4.79 Å². The first-order valence-electron chi connectivity index (χ1n) is 7.94. The molecule has 2 rings (SSSR count). The van der Waals surface area contributed by atoms with Crippen molar-refractivity contribution in [3.63, 3.8) is 0 Å². The maximum Gasteiger partial charge on any atom is 0.248 e. The summed E-state index contributed by atoms with van der Waals surface area (Å²) in [5.41, 5.74) is 5.30. The molecule has 5 heteroatoms. The molecule has 1 aromatic heterocycles. The Kier molecular flexibility index (Phi) is 5.76. The number of aromatic nitrogens is 1. The molecule has 126 valence electrons. The lowest BCUT2D eigenvalue weighted by Crippen LogP contribution is -2.30. The predicted octanol–water partition coefficient (Wildman–Crippen LogP) is 3.29. The number of hydrogen-bond donors (Lipinski definition) is 0. The fourth-order valence-electron chi connectivity index (χ4n) is 2.70. The Labute approximate surface area is 148 Å². The standard InChI is InChI=1S/C20H20N4O/c1-15-4-7-19(8-5-15)24-16(2)14-18(17(24)3)6-9-20(25)23(12-10-21)13-11-22/h4-9,14H,12-13H2,1-3H3/b9-6+. The van der Waals surface area contributed by atoms with E-state index < -0.39 is 0 Å². The van der Waals surface area contributed by atoms with E-state index in [0.717, 1.165) is 22.6 Å². The molecule has 0 bridgehead atoms. The molecule has 5 nitrogen and oxygen atoms in total. The number of carbonyl (C=O) groups is 1. The van der Waals surface area contributed by atoms with Gasteiger partial charge in [-0.2, -0.15) is 10.5 Å². The Bertz CT molecular complexity index is 860. The molecule has 0 spiro atoms. The summed E-state index contributed by atoms with van der Waals surface area (Å²) in [6.45, 7) is 5.87. The van der Waals surface area contributed by atoms with Gasteiger partial charge in [-0.15, -0.1) is 0 Å². The predicted molar refractivity (Wildman–Crippen MR) is 96.8 cm³/mol. The normalized spacial score (nSPS) is 10.4. The van der Waals surface area contributed by atoms with Crippen LogP contribution < -0.4 is 0 Å². The van der Waals surface area contributed by atoms with Gasteiger partial charge in [0.1, 0.15) is 13.1 Å². The summed E-state index contributed by atoms with van der Waals surface area (Å²) in [5.74, 6) is -0.344. The molecule has 1 amide bonds. The lowest BCUT2D eigenvalue weighted by atomic mass is 10.2. The summed E-state index contributed by atoms with van der Waals surface area (Å²) in [6, 6.07) is 14.1. The maximum atomic E-state index is 12.1. The molecular formula is C20H20N4O. The highest BCUT2D eigenvalue weighted by molar-refractivity contribution is 5.92. The minimum Gasteiger partial charge on any atom is -0.318 e. The number of nitriles is 2. The molecule has 0 atom stereocenters. The highest BCUT2D eigenvalue weighted by atomic mass is 16.2. The summed E-state index contributed by atoms with van der Waals surface area (Å²) in [5, 5.41) is 17.5. The van der Waals surface area contributed by atoms with Crippen LogP contribution in [0.4, 0.5) is 0 Å². The number of amides is 1. The second kappa shape index (κ2) is 7.99. The van der Waals surface area contributed by atoms with Gasteiger partial charge in [-0.25, -0.2) is 0 Å². The Morgan fingerprint density at radius 3 is 2.28 bits per heavy atom. The molecule has 0 radical (unpaired) electrons. The molecule has 0 saturated heterocycles. The molecule has 25 heavy (non-hydrogen) atoms.